The number of amides is 1. The molecule has 1 atom stereocenters. The number of nitrogens with one attached hydrogen (secondary N) is 1. The average Bonchev–Trinajstić information content (AvgIpc) is 2.84. The molecule has 0 saturated carbocycles. The van der Waals surface area contributed by atoms with E-state index < -0.39 is 23.8 Å². The highest BCUT2D eigenvalue weighted by Crippen LogP contribution is 2.32. The molecule has 1 amide bonds. The minimum atomic E-state index is -1.06. The summed E-state index contributed by atoms with van der Waals surface area (Å²) < 4.78 is 4.87. The molecule has 1 aliphatic rings. The maximum absolute atomic E-state index is 13.6. The van der Waals surface area contributed by atoms with Crippen LogP contribution in [0.15, 0.2) is 42.5 Å². The Bertz CT molecular complexity index is 1050. The first kappa shape index (κ1) is 24.2. The molecule has 1 aliphatic carbocycles. The fraction of sp³-hybridized carbons (Fsp3) is 0.385. The Morgan fingerprint density at radius 2 is 1.67 bits per heavy atom. The van der Waals surface area contributed by atoms with Crippen molar-refractivity contribution in [2.75, 3.05) is 12.0 Å². The molecular weight excluding hydrogens is 420 g/mol. The van der Waals surface area contributed by atoms with Gasteiger partial charge in [0, 0.05) is 11.4 Å². The van der Waals surface area contributed by atoms with Gasteiger partial charge in [-0.3, -0.25) is 19.9 Å². The highest BCUT2D eigenvalue weighted by Gasteiger charge is 2.33. The Balaban J connectivity index is 2.04. The summed E-state index contributed by atoms with van der Waals surface area (Å²) >= 11 is 0. The summed E-state index contributed by atoms with van der Waals surface area (Å²) in [6, 6.07) is 11.8. The number of anilines is 2. The molecule has 2 aromatic rings. The topological polar surface area (TPSA) is 108 Å². The molecule has 3 rings (SSSR count). The molecule has 7 heteroatoms. The van der Waals surface area contributed by atoms with Crippen LogP contribution >= 0.6 is 0 Å². The Morgan fingerprint density at radius 3 is 2.27 bits per heavy atom. The van der Waals surface area contributed by atoms with Gasteiger partial charge in [-0.1, -0.05) is 25.8 Å². The predicted octanol–water partition coefficient (Wildman–Crippen LogP) is 4.93. The molecule has 2 N–H and O–H groups in total. The number of hydrogen-bond acceptors (Lipinski definition) is 5. The van der Waals surface area contributed by atoms with Crippen molar-refractivity contribution in [3.8, 4) is 0 Å². The van der Waals surface area contributed by atoms with Crippen molar-refractivity contribution in [1.82, 2.24) is 0 Å². The number of aromatic carboxylic acids is 1. The van der Waals surface area contributed by atoms with Crippen LogP contribution in [0.25, 0.3) is 0 Å². The quantitative estimate of drug-likeness (QED) is 0.416. The average molecular weight is 451 g/mol. The number of benzene rings is 2. The van der Waals surface area contributed by atoms with E-state index >= 15 is 0 Å². The number of ether oxygens (including phenoxy) is 1. The first-order valence-electron chi connectivity index (χ1n) is 11.3. The maximum Gasteiger partial charge on any atom is 0.335 e. The monoisotopic (exact) mass is 450 g/mol. The lowest BCUT2D eigenvalue weighted by molar-refractivity contribution is -0.143. The van der Waals surface area contributed by atoms with Crippen LogP contribution in [0, 0.1) is 11.3 Å². The molecular formula is C26H30N2O5. The van der Waals surface area contributed by atoms with Gasteiger partial charge in [0.2, 0.25) is 0 Å². The Morgan fingerprint density at radius 1 is 1.03 bits per heavy atom. The second-order valence-electron chi connectivity index (χ2n) is 8.28. The van der Waals surface area contributed by atoms with Gasteiger partial charge in [-0.05, 0) is 79.6 Å². The first-order chi connectivity index (χ1) is 15.9. The van der Waals surface area contributed by atoms with E-state index in [4.69, 9.17) is 10.1 Å². The van der Waals surface area contributed by atoms with E-state index in [0.29, 0.717) is 24.2 Å². The van der Waals surface area contributed by atoms with E-state index in [9.17, 15) is 19.5 Å². The highest BCUT2D eigenvalue weighted by atomic mass is 16.5. The van der Waals surface area contributed by atoms with Crippen molar-refractivity contribution in [3.63, 3.8) is 0 Å². The number of aryl methyl sites for hydroxylation is 2. The van der Waals surface area contributed by atoms with Crippen LogP contribution in [-0.2, 0) is 27.2 Å². The van der Waals surface area contributed by atoms with Crippen LogP contribution in [-0.4, -0.2) is 35.8 Å². The van der Waals surface area contributed by atoms with E-state index in [1.165, 1.54) is 35.3 Å². The Labute approximate surface area is 193 Å². The van der Waals surface area contributed by atoms with E-state index in [1.54, 1.807) is 12.1 Å². The van der Waals surface area contributed by atoms with Crippen molar-refractivity contribution in [2.45, 2.75) is 51.9 Å². The van der Waals surface area contributed by atoms with Gasteiger partial charge in [0.25, 0.3) is 5.91 Å². The zero-order valence-corrected chi connectivity index (χ0v) is 19.1. The molecule has 0 aliphatic heterocycles. The van der Waals surface area contributed by atoms with Gasteiger partial charge in [0.15, 0.2) is 0 Å². The molecule has 1 unspecified atom stereocenters. The number of rotatable bonds is 9. The number of carbonyl (C=O) groups excluding carboxylic acids is 2. The SMILES string of the molecule is CCCCC(C(=N)C(=O)N(c1ccc(C(=O)O)cc1)c1ccc2c(c1)CCCC2)C(=O)OC. The number of hydrogen-bond donors (Lipinski definition) is 2. The number of methoxy groups -OCH3 is 1. The summed E-state index contributed by atoms with van der Waals surface area (Å²) in [5.74, 6) is -3.25. The minimum absolute atomic E-state index is 0.0991. The van der Waals surface area contributed by atoms with Crippen molar-refractivity contribution in [2.24, 2.45) is 5.92 Å². The fourth-order valence-corrected chi connectivity index (χ4v) is 4.20. The van der Waals surface area contributed by atoms with E-state index in [0.717, 1.165) is 32.1 Å². The molecule has 0 aromatic heterocycles. The summed E-state index contributed by atoms with van der Waals surface area (Å²) in [4.78, 5) is 38.7. The second kappa shape index (κ2) is 10.9. The highest BCUT2D eigenvalue weighted by molar-refractivity contribution is 6.47. The molecule has 0 spiro atoms. The zero-order chi connectivity index (χ0) is 24.0. The van der Waals surface area contributed by atoms with E-state index in [1.807, 2.05) is 25.1 Å². The van der Waals surface area contributed by atoms with Crippen molar-refractivity contribution >= 4 is 34.9 Å². The van der Waals surface area contributed by atoms with Gasteiger partial charge in [0.1, 0.15) is 11.6 Å². The third-order valence-electron chi connectivity index (χ3n) is 6.08. The van der Waals surface area contributed by atoms with Gasteiger partial charge in [0.05, 0.1) is 12.7 Å². The number of unbranched alkanes of at least 4 members (excludes halogenated alkanes) is 1. The van der Waals surface area contributed by atoms with Crippen LogP contribution in [0.5, 0.6) is 0 Å². The lowest BCUT2D eigenvalue weighted by Crippen LogP contribution is -2.39. The first-order valence-corrected chi connectivity index (χ1v) is 11.3. The largest absolute Gasteiger partial charge is 0.478 e. The molecule has 0 heterocycles. The van der Waals surface area contributed by atoms with E-state index in [2.05, 4.69) is 0 Å². The number of nitrogens with zero attached hydrogens (tertiary/aromatic N) is 1. The number of carbonyl (C=O) groups is 3. The molecule has 0 fully saturated rings. The van der Waals surface area contributed by atoms with Gasteiger partial charge in [-0.2, -0.15) is 0 Å². The predicted molar refractivity (Wildman–Crippen MR) is 126 cm³/mol. The third-order valence-corrected chi connectivity index (χ3v) is 6.08. The number of carboxylic acid groups (broad SMARTS) is 1. The smallest absolute Gasteiger partial charge is 0.335 e. The lowest BCUT2D eigenvalue weighted by Gasteiger charge is -2.27. The molecule has 0 saturated heterocycles. The minimum Gasteiger partial charge on any atom is -0.478 e. The van der Waals surface area contributed by atoms with E-state index in [-0.39, 0.29) is 11.3 Å². The van der Waals surface area contributed by atoms with Crippen LogP contribution in [0.1, 0.15) is 60.5 Å². The zero-order valence-electron chi connectivity index (χ0n) is 19.1. The molecule has 0 bridgehead atoms. The summed E-state index contributed by atoms with van der Waals surface area (Å²) in [5, 5.41) is 17.8. The molecule has 7 nitrogen and oxygen atoms in total. The molecule has 2 aromatic carbocycles. The third kappa shape index (κ3) is 5.48. The summed E-state index contributed by atoms with van der Waals surface area (Å²) in [6.07, 6.45) is 5.98. The summed E-state index contributed by atoms with van der Waals surface area (Å²) in [5.41, 5.74) is 3.21. The maximum atomic E-state index is 13.6. The molecule has 0 radical (unpaired) electrons. The Kier molecular flexibility index (Phi) is 7.98. The summed E-state index contributed by atoms with van der Waals surface area (Å²) in [6.45, 7) is 1.98. The van der Waals surface area contributed by atoms with Gasteiger partial charge < -0.3 is 9.84 Å². The van der Waals surface area contributed by atoms with Crippen molar-refractivity contribution < 1.29 is 24.2 Å². The summed E-state index contributed by atoms with van der Waals surface area (Å²) in [7, 11) is 1.25. The van der Waals surface area contributed by atoms with Crippen LogP contribution < -0.4 is 4.90 Å². The van der Waals surface area contributed by atoms with Crippen LogP contribution in [0.3, 0.4) is 0 Å². The van der Waals surface area contributed by atoms with Gasteiger partial charge in [-0.25, -0.2) is 4.79 Å². The van der Waals surface area contributed by atoms with Crippen molar-refractivity contribution in [3.05, 3.63) is 59.2 Å². The Hall–Kier alpha value is -3.48. The van der Waals surface area contributed by atoms with Gasteiger partial charge in [-0.15, -0.1) is 0 Å². The van der Waals surface area contributed by atoms with Crippen LogP contribution in [0.2, 0.25) is 0 Å². The number of carboxylic acids is 1. The normalized spacial score (nSPS) is 13.5. The molecule has 174 valence electrons. The van der Waals surface area contributed by atoms with Crippen LogP contribution in [0.4, 0.5) is 11.4 Å². The second-order valence-corrected chi connectivity index (χ2v) is 8.28. The molecule has 33 heavy (non-hydrogen) atoms. The fourth-order valence-electron chi connectivity index (χ4n) is 4.20. The number of fused-ring (bicyclic) bond motifs is 1. The van der Waals surface area contributed by atoms with Crippen molar-refractivity contribution in [1.29, 1.82) is 5.41 Å². The lowest BCUT2D eigenvalue weighted by atomic mass is 9.91. The van der Waals surface area contributed by atoms with Gasteiger partial charge >= 0.3 is 11.9 Å². The standard InChI is InChI=1S/C26H30N2O5/c1-3-4-9-22(26(32)33-2)23(27)24(29)28(20-13-11-18(12-14-20)25(30)31)21-15-10-17-7-5-6-8-19(17)16-21/h10-16,22,27H,3-9H2,1-2H3,(H,30,31). The number of esters is 1.